The van der Waals surface area contributed by atoms with Gasteiger partial charge in [0.25, 0.3) is 0 Å². The average molecular weight is 308 g/mol. The summed E-state index contributed by atoms with van der Waals surface area (Å²) in [6, 6.07) is 4.41. The van der Waals surface area contributed by atoms with Crippen LogP contribution in [0.1, 0.15) is 26.7 Å². The van der Waals surface area contributed by atoms with E-state index in [0.29, 0.717) is 6.04 Å². The third-order valence-corrected chi connectivity index (χ3v) is 4.71. The monoisotopic (exact) mass is 307 g/mol. The third kappa shape index (κ3) is 1.58. The first-order valence-corrected chi connectivity index (χ1v) is 7.12. The van der Waals surface area contributed by atoms with E-state index in [1.54, 1.807) is 0 Å². The van der Waals surface area contributed by atoms with Gasteiger partial charge in [0.15, 0.2) is 5.82 Å². The van der Waals surface area contributed by atoms with E-state index in [1.165, 1.54) is 12.8 Å². The Balaban J connectivity index is 2.18. The van der Waals surface area contributed by atoms with Crippen LogP contribution in [0.5, 0.6) is 0 Å². The van der Waals surface area contributed by atoms with E-state index in [9.17, 15) is 0 Å². The maximum Gasteiger partial charge on any atom is 0.154 e. The molecule has 1 fully saturated rings. The molecular formula is C14H18BrN3. The topological polar surface area (TPSA) is 19.4 Å². The molecule has 0 bridgehead atoms. The van der Waals surface area contributed by atoms with Crippen LogP contribution in [-0.2, 0) is 0 Å². The Bertz CT molecular complexity index is 522. The minimum Gasteiger partial charge on any atom is -0.344 e. The Hall–Kier alpha value is -1.03. The highest BCUT2D eigenvalue weighted by Crippen LogP contribution is 2.50. The summed E-state index contributed by atoms with van der Waals surface area (Å²) in [5.74, 6) is 1.08. The number of likely N-dealkylation sites (N-methyl/N-ethyl adjacent to an activating group) is 1. The summed E-state index contributed by atoms with van der Waals surface area (Å²) >= 11 is 3.48. The SMILES string of the molecule is C=C1C(C)N(C2(C)CC2)c2nc(Br)ccc2N1C. The second kappa shape index (κ2) is 3.73. The van der Waals surface area contributed by atoms with Crippen molar-refractivity contribution in [3.63, 3.8) is 0 Å². The van der Waals surface area contributed by atoms with Crippen molar-refractivity contribution in [2.24, 2.45) is 0 Å². The van der Waals surface area contributed by atoms with Gasteiger partial charge in [0.05, 0.1) is 11.7 Å². The summed E-state index contributed by atoms with van der Waals surface area (Å²) in [4.78, 5) is 9.29. The van der Waals surface area contributed by atoms with Crippen LogP contribution in [0, 0.1) is 0 Å². The van der Waals surface area contributed by atoms with E-state index in [-0.39, 0.29) is 5.54 Å². The highest BCUT2D eigenvalue weighted by Gasteiger charge is 2.49. The summed E-state index contributed by atoms with van der Waals surface area (Å²) in [7, 11) is 2.07. The molecule has 1 aliphatic carbocycles. The van der Waals surface area contributed by atoms with E-state index in [0.717, 1.165) is 21.8 Å². The number of hydrogen-bond donors (Lipinski definition) is 0. The van der Waals surface area contributed by atoms with Crippen LogP contribution in [0.25, 0.3) is 0 Å². The molecule has 0 saturated heterocycles. The molecule has 1 aromatic heterocycles. The molecule has 1 saturated carbocycles. The minimum absolute atomic E-state index is 0.256. The maximum atomic E-state index is 4.70. The highest BCUT2D eigenvalue weighted by molar-refractivity contribution is 9.10. The van der Waals surface area contributed by atoms with E-state index >= 15 is 0 Å². The zero-order valence-corrected chi connectivity index (χ0v) is 12.7. The zero-order valence-electron chi connectivity index (χ0n) is 11.1. The van der Waals surface area contributed by atoms with Crippen molar-refractivity contribution in [3.8, 4) is 0 Å². The molecule has 2 aliphatic rings. The van der Waals surface area contributed by atoms with E-state index in [2.05, 4.69) is 59.3 Å². The molecule has 3 rings (SSSR count). The number of rotatable bonds is 1. The van der Waals surface area contributed by atoms with Crippen LogP contribution in [-0.4, -0.2) is 23.6 Å². The summed E-state index contributed by atoms with van der Waals surface area (Å²) < 4.78 is 0.892. The lowest BCUT2D eigenvalue weighted by Gasteiger charge is -2.45. The van der Waals surface area contributed by atoms with Crippen LogP contribution in [0.4, 0.5) is 11.5 Å². The third-order valence-electron chi connectivity index (χ3n) is 4.27. The molecular weight excluding hydrogens is 290 g/mol. The van der Waals surface area contributed by atoms with Crippen molar-refractivity contribution in [2.45, 2.75) is 38.3 Å². The Morgan fingerprint density at radius 3 is 2.72 bits per heavy atom. The number of pyridine rings is 1. The van der Waals surface area contributed by atoms with Gasteiger partial charge in [-0.15, -0.1) is 0 Å². The molecule has 18 heavy (non-hydrogen) atoms. The molecule has 3 nitrogen and oxygen atoms in total. The van der Waals surface area contributed by atoms with Crippen molar-refractivity contribution >= 4 is 27.4 Å². The van der Waals surface area contributed by atoms with Gasteiger partial charge in [-0.1, -0.05) is 6.58 Å². The van der Waals surface area contributed by atoms with Gasteiger partial charge in [-0.05, 0) is 54.8 Å². The lowest BCUT2D eigenvalue weighted by Crippen LogP contribution is -2.50. The van der Waals surface area contributed by atoms with E-state index in [4.69, 9.17) is 4.98 Å². The predicted octanol–water partition coefficient (Wildman–Crippen LogP) is 3.56. The van der Waals surface area contributed by atoms with Crippen LogP contribution in [0.3, 0.4) is 0 Å². The lowest BCUT2D eigenvalue weighted by atomic mass is 10.1. The second-order valence-corrected chi connectivity index (χ2v) is 6.38. The first-order valence-electron chi connectivity index (χ1n) is 6.32. The molecule has 0 aromatic carbocycles. The van der Waals surface area contributed by atoms with Gasteiger partial charge in [0.2, 0.25) is 0 Å². The fourth-order valence-electron chi connectivity index (χ4n) is 2.77. The molecule has 0 radical (unpaired) electrons. The Kier molecular flexibility index (Phi) is 2.49. The Labute approximate surface area is 117 Å². The number of anilines is 2. The first kappa shape index (κ1) is 12.0. The molecule has 1 aromatic rings. The smallest absolute Gasteiger partial charge is 0.154 e. The van der Waals surface area contributed by atoms with Crippen LogP contribution < -0.4 is 9.80 Å². The lowest BCUT2D eigenvalue weighted by molar-refractivity contribution is 0.555. The van der Waals surface area contributed by atoms with Crippen molar-refractivity contribution < 1.29 is 0 Å². The number of halogens is 1. The van der Waals surface area contributed by atoms with Crippen molar-refractivity contribution in [2.75, 3.05) is 16.8 Å². The van der Waals surface area contributed by atoms with Gasteiger partial charge in [-0.2, -0.15) is 0 Å². The fourth-order valence-corrected chi connectivity index (χ4v) is 3.07. The minimum atomic E-state index is 0.256. The summed E-state index contributed by atoms with van der Waals surface area (Å²) in [5, 5.41) is 0. The standard InChI is InChI=1S/C14H18BrN3/c1-9-10(2)18(14(3)7-8-14)13-11(17(9)4)5-6-12(15)16-13/h5-6,10H,1,7-8H2,2-4H3. The van der Waals surface area contributed by atoms with Gasteiger partial charge in [-0.3, -0.25) is 0 Å². The van der Waals surface area contributed by atoms with Crippen molar-refractivity contribution in [3.05, 3.63) is 29.0 Å². The van der Waals surface area contributed by atoms with Gasteiger partial charge >= 0.3 is 0 Å². The maximum absolute atomic E-state index is 4.70. The van der Waals surface area contributed by atoms with Crippen LogP contribution in [0.15, 0.2) is 29.0 Å². The predicted molar refractivity (Wildman–Crippen MR) is 79.1 cm³/mol. The van der Waals surface area contributed by atoms with Gasteiger partial charge in [0.1, 0.15) is 4.60 Å². The number of hydrogen-bond acceptors (Lipinski definition) is 3. The van der Waals surface area contributed by atoms with Crippen LogP contribution in [0.2, 0.25) is 0 Å². The summed E-state index contributed by atoms with van der Waals surface area (Å²) in [6.07, 6.45) is 2.48. The largest absolute Gasteiger partial charge is 0.344 e. The average Bonchev–Trinajstić information content (AvgIpc) is 3.05. The fraction of sp³-hybridized carbons (Fsp3) is 0.500. The highest BCUT2D eigenvalue weighted by atomic mass is 79.9. The zero-order chi connectivity index (χ0) is 13.1. The van der Waals surface area contributed by atoms with Crippen molar-refractivity contribution in [1.29, 1.82) is 0 Å². The van der Waals surface area contributed by atoms with Crippen molar-refractivity contribution in [1.82, 2.24) is 4.98 Å². The van der Waals surface area contributed by atoms with E-state index in [1.807, 2.05) is 6.07 Å². The molecule has 0 amide bonds. The molecule has 1 aliphatic heterocycles. The molecule has 1 unspecified atom stereocenters. The molecule has 0 N–H and O–H groups in total. The Morgan fingerprint density at radius 2 is 2.11 bits per heavy atom. The normalized spacial score (nSPS) is 25.1. The molecule has 0 spiro atoms. The molecule has 96 valence electrons. The molecule has 4 heteroatoms. The second-order valence-electron chi connectivity index (χ2n) is 5.57. The number of nitrogens with zero attached hydrogens (tertiary/aromatic N) is 3. The van der Waals surface area contributed by atoms with Crippen LogP contribution >= 0.6 is 15.9 Å². The van der Waals surface area contributed by atoms with Gasteiger partial charge < -0.3 is 9.80 Å². The summed E-state index contributed by atoms with van der Waals surface area (Å²) in [6.45, 7) is 8.76. The molecule has 2 heterocycles. The number of fused-ring (bicyclic) bond motifs is 1. The van der Waals surface area contributed by atoms with E-state index < -0.39 is 0 Å². The first-order chi connectivity index (χ1) is 8.44. The summed E-state index contributed by atoms with van der Waals surface area (Å²) in [5.41, 5.74) is 2.54. The number of aromatic nitrogens is 1. The van der Waals surface area contributed by atoms with Gasteiger partial charge in [0, 0.05) is 18.3 Å². The Morgan fingerprint density at radius 1 is 1.44 bits per heavy atom. The quantitative estimate of drug-likeness (QED) is 0.740. The van der Waals surface area contributed by atoms with Gasteiger partial charge in [-0.25, -0.2) is 4.98 Å². The molecule has 1 atom stereocenters.